The Morgan fingerprint density at radius 3 is 3.00 bits per heavy atom. The van der Waals surface area contributed by atoms with E-state index in [2.05, 4.69) is 9.53 Å². The summed E-state index contributed by atoms with van der Waals surface area (Å²) in [6.45, 7) is 0. The van der Waals surface area contributed by atoms with Crippen molar-refractivity contribution in [3.8, 4) is 0 Å². The maximum atomic E-state index is 7.99. The average Bonchev–Trinajstić information content (AvgIpc) is 2.14. The normalized spacial score (nSPS) is 16.3. The molecule has 1 heterocycles. The molecule has 36 valence electrons. The molecule has 1 aliphatic heterocycles. The summed E-state index contributed by atoms with van der Waals surface area (Å²) in [7, 11) is 0. The minimum Gasteiger partial charge on any atom is -0.405 e. The molecule has 0 unspecified atom stereocenters. The lowest BCUT2D eigenvalue weighted by atomic mass is 10.5. The number of nitrogens with zero attached hydrogens (tertiary/aromatic N) is 2. The lowest BCUT2D eigenvalue weighted by Crippen LogP contribution is -1.91. The van der Waals surface area contributed by atoms with Gasteiger partial charge in [-0.25, -0.2) is 0 Å². The minimum absolute atomic E-state index is 0.361. The fourth-order valence-corrected chi connectivity index (χ4v) is 0.388. The maximum Gasteiger partial charge on any atom is 0.458 e. The first-order chi connectivity index (χ1) is 3.43. The molecule has 0 aliphatic carbocycles. The third kappa shape index (κ3) is 0.669. The van der Waals surface area contributed by atoms with Crippen LogP contribution in [0.25, 0.3) is 5.53 Å². The van der Waals surface area contributed by atoms with Gasteiger partial charge in [-0.1, -0.05) is 0 Å². The number of hydrogen-bond acceptors (Lipinski definition) is 1. The molecule has 0 amide bonds. The van der Waals surface area contributed by atoms with Crippen molar-refractivity contribution in [3.05, 3.63) is 17.9 Å². The molecule has 0 spiro atoms. The van der Waals surface area contributed by atoms with Gasteiger partial charge in [-0.05, 0) is 6.08 Å². The highest BCUT2D eigenvalue weighted by atomic mass is 16.5. The van der Waals surface area contributed by atoms with Crippen molar-refractivity contribution in [1.82, 2.24) is 0 Å². The summed E-state index contributed by atoms with van der Waals surface area (Å²) in [4.78, 5) is 2.82. The van der Waals surface area contributed by atoms with Crippen molar-refractivity contribution in [2.45, 2.75) is 6.42 Å². The van der Waals surface area contributed by atoms with E-state index in [1.54, 1.807) is 6.08 Å². The molecular weight excluding hydrogens is 92.1 g/mol. The molecule has 0 aromatic carbocycles. The van der Waals surface area contributed by atoms with Crippen molar-refractivity contribution in [3.63, 3.8) is 0 Å². The van der Waals surface area contributed by atoms with Crippen molar-refractivity contribution in [2.75, 3.05) is 0 Å². The Kier molecular flexibility index (Phi) is 0.922. The summed E-state index contributed by atoms with van der Waals surface area (Å²) < 4.78 is 4.62. The van der Waals surface area contributed by atoms with E-state index in [1.165, 1.54) is 6.26 Å². The standard InChI is InChI=1S/C4H4N2O/c5-6-4-2-1-3-7-4/h1,3H,2H2. The summed E-state index contributed by atoms with van der Waals surface area (Å²) in [5.41, 5.74) is 7.99. The summed E-state index contributed by atoms with van der Waals surface area (Å²) >= 11 is 0. The van der Waals surface area contributed by atoms with Gasteiger partial charge in [-0.3, -0.25) is 0 Å². The second-order valence-corrected chi connectivity index (χ2v) is 1.19. The zero-order valence-corrected chi connectivity index (χ0v) is 3.66. The second-order valence-electron chi connectivity index (χ2n) is 1.19. The average molecular weight is 96.1 g/mol. The quantitative estimate of drug-likeness (QED) is 0.321. The van der Waals surface area contributed by atoms with Gasteiger partial charge in [0.15, 0.2) is 0 Å². The van der Waals surface area contributed by atoms with Crippen LogP contribution in [0.15, 0.2) is 12.3 Å². The number of ether oxygens (including phenoxy) is 1. The molecule has 3 nitrogen and oxygen atoms in total. The Morgan fingerprint density at radius 1 is 1.86 bits per heavy atom. The molecule has 1 rings (SSSR count). The Bertz CT molecular complexity index is 134. The molecule has 0 radical (unpaired) electrons. The van der Waals surface area contributed by atoms with Crippen LogP contribution in [0.5, 0.6) is 0 Å². The van der Waals surface area contributed by atoms with Crippen LogP contribution >= 0.6 is 0 Å². The van der Waals surface area contributed by atoms with Gasteiger partial charge in [0.2, 0.25) is 0 Å². The number of rotatable bonds is 0. The van der Waals surface area contributed by atoms with E-state index < -0.39 is 0 Å². The SMILES string of the molecule is [N-]=[N+]=C1CC=CO1. The molecular formula is C4H4N2O. The lowest BCUT2D eigenvalue weighted by molar-refractivity contribution is -0.0319. The van der Waals surface area contributed by atoms with Crippen molar-refractivity contribution in [2.24, 2.45) is 0 Å². The van der Waals surface area contributed by atoms with Gasteiger partial charge >= 0.3 is 5.90 Å². The van der Waals surface area contributed by atoms with Crippen LogP contribution in [0.1, 0.15) is 6.42 Å². The third-order valence-electron chi connectivity index (χ3n) is 0.704. The van der Waals surface area contributed by atoms with E-state index in [-0.39, 0.29) is 0 Å². The highest BCUT2D eigenvalue weighted by Crippen LogP contribution is 1.96. The molecule has 3 heteroatoms. The van der Waals surface area contributed by atoms with Crippen LogP contribution < -0.4 is 0 Å². The first-order valence-corrected chi connectivity index (χ1v) is 1.96. The van der Waals surface area contributed by atoms with Crippen molar-refractivity contribution < 1.29 is 9.53 Å². The zero-order valence-electron chi connectivity index (χ0n) is 3.66. The second kappa shape index (κ2) is 1.58. The summed E-state index contributed by atoms with van der Waals surface area (Å²) in [5, 5.41) is 0. The van der Waals surface area contributed by atoms with E-state index >= 15 is 0 Å². The van der Waals surface area contributed by atoms with Crippen LogP contribution in [-0.2, 0) is 4.74 Å². The lowest BCUT2D eigenvalue weighted by Gasteiger charge is -1.74. The molecule has 1 aliphatic rings. The van der Waals surface area contributed by atoms with Crippen LogP contribution in [0.3, 0.4) is 0 Å². The van der Waals surface area contributed by atoms with Crippen LogP contribution in [0, 0.1) is 0 Å². The van der Waals surface area contributed by atoms with Crippen LogP contribution in [-0.4, -0.2) is 10.7 Å². The van der Waals surface area contributed by atoms with Gasteiger partial charge < -0.3 is 10.3 Å². The van der Waals surface area contributed by atoms with Crippen molar-refractivity contribution in [1.29, 1.82) is 0 Å². The van der Waals surface area contributed by atoms with Gasteiger partial charge in [0.1, 0.15) is 6.42 Å². The van der Waals surface area contributed by atoms with Crippen molar-refractivity contribution >= 4 is 5.90 Å². The van der Waals surface area contributed by atoms with Gasteiger partial charge in [-0.15, -0.1) is 4.79 Å². The fourth-order valence-electron chi connectivity index (χ4n) is 0.388. The monoisotopic (exact) mass is 96.0 g/mol. The smallest absolute Gasteiger partial charge is 0.405 e. The van der Waals surface area contributed by atoms with Gasteiger partial charge in [0.05, 0.1) is 6.26 Å². The largest absolute Gasteiger partial charge is 0.458 e. The van der Waals surface area contributed by atoms with Gasteiger partial charge in [0, 0.05) is 0 Å². The van der Waals surface area contributed by atoms with Crippen LogP contribution in [0.4, 0.5) is 0 Å². The number of hydrogen-bond donors (Lipinski definition) is 0. The third-order valence-corrected chi connectivity index (χ3v) is 0.704. The van der Waals surface area contributed by atoms with E-state index in [9.17, 15) is 0 Å². The summed E-state index contributed by atoms with van der Waals surface area (Å²) in [5.74, 6) is 0.361. The Hall–Kier alpha value is -1.08. The molecule has 0 N–H and O–H groups in total. The molecule has 0 fully saturated rings. The zero-order chi connectivity index (χ0) is 5.11. The van der Waals surface area contributed by atoms with E-state index in [4.69, 9.17) is 5.53 Å². The minimum atomic E-state index is 0.361. The predicted molar refractivity (Wildman–Crippen MR) is 23.5 cm³/mol. The fraction of sp³-hybridized carbons (Fsp3) is 0.250. The summed E-state index contributed by atoms with van der Waals surface area (Å²) in [6, 6.07) is 0. The van der Waals surface area contributed by atoms with Gasteiger partial charge in [-0.2, -0.15) is 0 Å². The predicted octanol–water partition coefficient (Wildman–Crippen LogP) is 0.549. The first kappa shape index (κ1) is 4.09. The Morgan fingerprint density at radius 2 is 2.71 bits per heavy atom. The highest BCUT2D eigenvalue weighted by molar-refractivity contribution is 5.74. The Balaban J connectivity index is 2.68. The highest BCUT2D eigenvalue weighted by Gasteiger charge is 2.08. The van der Waals surface area contributed by atoms with E-state index in [0.29, 0.717) is 12.3 Å². The Labute approximate surface area is 40.8 Å². The maximum absolute atomic E-state index is 7.99. The molecule has 0 saturated carbocycles. The topological polar surface area (TPSA) is 45.6 Å². The molecule has 0 saturated heterocycles. The van der Waals surface area contributed by atoms with E-state index in [0.717, 1.165) is 0 Å². The molecule has 7 heavy (non-hydrogen) atoms. The van der Waals surface area contributed by atoms with Gasteiger partial charge in [0.25, 0.3) is 0 Å². The first-order valence-electron chi connectivity index (χ1n) is 1.96. The van der Waals surface area contributed by atoms with E-state index in [1.807, 2.05) is 0 Å². The molecule has 0 aromatic rings. The van der Waals surface area contributed by atoms with Crippen LogP contribution in [0.2, 0.25) is 0 Å². The molecule has 0 bridgehead atoms. The summed E-state index contributed by atoms with van der Waals surface area (Å²) in [6.07, 6.45) is 3.88. The molecule has 0 atom stereocenters. The molecule has 0 aromatic heterocycles.